The summed E-state index contributed by atoms with van der Waals surface area (Å²) >= 11 is 0. The molecule has 0 bridgehead atoms. The van der Waals surface area contributed by atoms with Crippen molar-refractivity contribution in [2.24, 2.45) is 0 Å². The summed E-state index contributed by atoms with van der Waals surface area (Å²) in [6.07, 6.45) is -10.3. The largest absolute Gasteiger partial charge is 0.493 e. The van der Waals surface area contributed by atoms with Gasteiger partial charge in [0.05, 0.1) is 27.4 Å². The SMILES string of the molecule is COc1cc(C(O)C(O)CO)cc(OC)c1OC1OC(CO)C(O)C(O)C1O. The molecule has 2 rings (SSSR count). The molecule has 1 aromatic rings. The number of hydrogen-bond donors (Lipinski definition) is 7. The molecule has 0 aromatic heterocycles. The number of hydrogen-bond acceptors (Lipinski definition) is 11. The number of ether oxygens (including phenoxy) is 4. The molecule has 7 atom stereocenters. The van der Waals surface area contributed by atoms with Gasteiger partial charge in [0.25, 0.3) is 0 Å². The fourth-order valence-corrected chi connectivity index (χ4v) is 2.79. The molecule has 7 N–H and O–H groups in total. The van der Waals surface area contributed by atoms with E-state index < -0.39 is 56.1 Å². The van der Waals surface area contributed by atoms with Crippen LogP contribution >= 0.6 is 0 Å². The van der Waals surface area contributed by atoms with Crippen molar-refractivity contribution in [3.8, 4) is 17.2 Å². The summed E-state index contributed by atoms with van der Waals surface area (Å²) in [4.78, 5) is 0. The molecule has 0 radical (unpaired) electrons. The highest BCUT2D eigenvalue weighted by Gasteiger charge is 2.45. The molecule has 0 amide bonds. The first-order chi connectivity index (χ1) is 13.3. The predicted octanol–water partition coefficient (Wildman–Crippen LogP) is -2.73. The Morgan fingerprint density at radius 1 is 0.964 bits per heavy atom. The maximum Gasteiger partial charge on any atom is 0.229 e. The van der Waals surface area contributed by atoms with E-state index in [0.29, 0.717) is 0 Å². The minimum absolute atomic E-state index is 0.0375. The van der Waals surface area contributed by atoms with Crippen molar-refractivity contribution in [2.45, 2.75) is 42.9 Å². The number of aliphatic hydroxyl groups excluding tert-OH is 7. The molecular formula is C17H26O11. The van der Waals surface area contributed by atoms with Crippen molar-refractivity contribution >= 4 is 0 Å². The van der Waals surface area contributed by atoms with Crippen LogP contribution in [-0.2, 0) is 4.74 Å². The van der Waals surface area contributed by atoms with Gasteiger partial charge >= 0.3 is 0 Å². The second-order valence-electron chi connectivity index (χ2n) is 6.26. The number of rotatable bonds is 8. The van der Waals surface area contributed by atoms with E-state index >= 15 is 0 Å². The molecule has 1 aliphatic heterocycles. The Hall–Kier alpha value is -1.70. The summed E-state index contributed by atoms with van der Waals surface area (Å²) in [7, 11) is 2.60. The smallest absolute Gasteiger partial charge is 0.229 e. The van der Waals surface area contributed by atoms with Crippen LogP contribution in [0.25, 0.3) is 0 Å². The van der Waals surface area contributed by atoms with Crippen molar-refractivity contribution in [3.63, 3.8) is 0 Å². The molecule has 160 valence electrons. The zero-order valence-corrected chi connectivity index (χ0v) is 15.4. The van der Waals surface area contributed by atoms with Crippen molar-refractivity contribution in [2.75, 3.05) is 27.4 Å². The standard InChI is InChI=1S/C17H26O11/c1-25-9-3-7(12(21)8(20)5-18)4-10(26-2)16(9)28-17-15(24)14(23)13(22)11(6-19)27-17/h3-4,8,11-15,17-24H,5-6H2,1-2H3. The highest BCUT2D eigenvalue weighted by Crippen LogP contribution is 2.42. The lowest BCUT2D eigenvalue weighted by molar-refractivity contribution is -0.277. The van der Waals surface area contributed by atoms with Crippen molar-refractivity contribution in [3.05, 3.63) is 17.7 Å². The monoisotopic (exact) mass is 406 g/mol. The second-order valence-corrected chi connectivity index (χ2v) is 6.26. The summed E-state index contributed by atoms with van der Waals surface area (Å²) in [5.41, 5.74) is 0.163. The number of methoxy groups -OCH3 is 2. The Balaban J connectivity index is 2.36. The maximum atomic E-state index is 10.1. The quantitative estimate of drug-likeness (QED) is 0.238. The highest BCUT2D eigenvalue weighted by atomic mass is 16.7. The lowest BCUT2D eigenvalue weighted by Crippen LogP contribution is -2.60. The van der Waals surface area contributed by atoms with E-state index in [2.05, 4.69) is 0 Å². The van der Waals surface area contributed by atoms with Crippen LogP contribution in [0.3, 0.4) is 0 Å². The van der Waals surface area contributed by atoms with Crippen LogP contribution in [0.1, 0.15) is 11.7 Å². The number of aliphatic hydroxyl groups is 7. The van der Waals surface area contributed by atoms with Crippen LogP contribution in [0.5, 0.6) is 17.2 Å². The highest BCUT2D eigenvalue weighted by molar-refractivity contribution is 5.54. The van der Waals surface area contributed by atoms with E-state index in [1.807, 2.05) is 0 Å². The van der Waals surface area contributed by atoms with Crippen LogP contribution in [0, 0.1) is 0 Å². The van der Waals surface area contributed by atoms with Crippen LogP contribution in [-0.4, -0.2) is 100.0 Å². The second kappa shape index (κ2) is 9.67. The predicted molar refractivity (Wildman–Crippen MR) is 92.0 cm³/mol. The van der Waals surface area contributed by atoms with Gasteiger partial charge in [-0.15, -0.1) is 0 Å². The average molecular weight is 406 g/mol. The van der Waals surface area contributed by atoms with E-state index in [1.54, 1.807) is 0 Å². The third-order valence-corrected chi connectivity index (χ3v) is 4.46. The number of benzene rings is 1. The topological polar surface area (TPSA) is 179 Å². The summed E-state index contributed by atoms with van der Waals surface area (Å²) in [6.45, 7) is -1.29. The van der Waals surface area contributed by atoms with Crippen LogP contribution in [0.4, 0.5) is 0 Å². The Bertz CT molecular complexity index is 613. The first-order valence-corrected chi connectivity index (χ1v) is 8.49. The van der Waals surface area contributed by atoms with Gasteiger partial charge in [-0.05, 0) is 17.7 Å². The van der Waals surface area contributed by atoms with Gasteiger partial charge in [0, 0.05) is 0 Å². The van der Waals surface area contributed by atoms with Gasteiger partial charge in [-0.2, -0.15) is 0 Å². The Labute approximate surface area is 160 Å². The van der Waals surface area contributed by atoms with E-state index in [1.165, 1.54) is 26.4 Å². The van der Waals surface area contributed by atoms with Crippen molar-refractivity contribution in [1.82, 2.24) is 0 Å². The summed E-state index contributed by atoms with van der Waals surface area (Å²) in [5.74, 6) is 0.0229. The zero-order valence-electron chi connectivity index (χ0n) is 15.4. The first kappa shape index (κ1) is 22.6. The average Bonchev–Trinajstić information content (AvgIpc) is 2.72. The normalized spacial score (nSPS) is 29.8. The first-order valence-electron chi connectivity index (χ1n) is 8.49. The van der Waals surface area contributed by atoms with E-state index in [9.17, 15) is 30.6 Å². The molecule has 0 saturated carbocycles. The molecule has 11 heteroatoms. The van der Waals surface area contributed by atoms with Gasteiger partial charge < -0.3 is 54.7 Å². The van der Waals surface area contributed by atoms with Gasteiger partial charge in [-0.3, -0.25) is 0 Å². The minimum atomic E-state index is -1.64. The molecule has 1 aliphatic rings. The summed E-state index contributed by atoms with van der Waals surface area (Å²) in [5, 5.41) is 67.9. The maximum absolute atomic E-state index is 10.1. The minimum Gasteiger partial charge on any atom is -0.493 e. The molecule has 28 heavy (non-hydrogen) atoms. The van der Waals surface area contributed by atoms with Crippen molar-refractivity contribution in [1.29, 1.82) is 0 Å². The molecule has 1 aromatic carbocycles. The van der Waals surface area contributed by atoms with Gasteiger partial charge in [-0.1, -0.05) is 0 Å². The molecule has 0 aliphatic carbocycles. The van der Waals surface area contributed by atoms with E-state index in [0.717, 1.165) is 0 Å². The molecule has 7 unspecified atom stereocenters. The van der Waals surface area contributed by atoms with Crippen LogP contribution in [0.2, 0.25) is 0 Å². The Morgan fingerprint density at radius 3 is 2.00 bits per heavy atom. The zero-order chi connectivity index (χ0) is 21.0. The van der Waals surface area contributed by atoms with E-state index in [4.69, 9.17) is 24.1 Å². The van der Waals surface area contributed by atoms with E-state index in [-0.39, 0.29) is 22.8 Å². The van der Waals surface area contributed by atoms with Gasteiger partial charge in [-0.25, -0.2) is 0 Å². The summed E-state index contributed by atoms with van der Waals surface area (Å²) in [6, 6.07) is 2.65. The third-order valence-electron chi connectivity index (χ3n) is 4.46. The lowest BCUT2D eigenvalue weighted by atomic mass is 9.99. The van der Waals surface area contributed by atoms with Crippen molar-refractivity contribution < 1.29 is 54.7 Å². The fraction of sp³-hybridized carbons (Fsp3) is 0.647. The Morgan fingerprint density at radius 2 is 1.54 bits per heavy atom. The van der Waals surface area contributed by atoms with Crippen LogP contribution < -0.4 is 14.2 Å². The molecule has 1 saturated heterocycles. The van der Waals surface area contributed by atoms with Gasteiger partial charge in [0.15, 0.2) is 11.5 Å². The third kappa shape index (κ3) is 4.47. The summed E-state index contributed by atoms with van der Waals surface area (Å²) < 4.78 is 21.3. The van der Waals surface area contributed by atoms with Gasteiger partial charge in [0.2, 0.25) is 12.0 Å². The molecule has 1 heterocycles. The lowest BCUT2D eigenvalue weighted by Gasteiger charge is -2.39. The molecule has 11 nitrogen and oxygen atoms in total. The van der Waals surface area contributed by atoms with Gasteiger partial charge in [0.1, 0.15) is 36.6 Å². The fourth-order valence-electron chi connectivity index (χ4n) is 2.79. The Kier molecular flexibility index (Phi) is 7.80. The van der Waals surface area contributed by atoms with Crippen LogP contribution in [0.15, 0.2) is 12.1 Å². The molecular weight excluding hydrogens is 380 g/mol. The molecule has 1 fully saturated rings. The molecule has 0 spiro atoms.